The molecule has 1 N–H and O–H groups in total. The highest BCUT2D eigenvalue weighted by molar-refractivity contribution is 5.98. The van der Waals surface area contributed by atoms with E-state index >= 15 is 0 Å². The molecule has 0 unspecified atom stereocenters. The zero-order valence-corrected chi connectivity index (χ0v) is 12.6. The van der Waals surface area contributed by atoms with Crippen LogP contribution in [-0.2, 0) is 4.79 Å². The van der Waals surface area contributed by atoms with E-state index in [0.717, 1.165) is 57.0 Å². The number of amides is 1. The van der Waals surface area contributed by atoms with Crippen LogP contribution in [-0.4, -0.2) is 45.2 Å². The first-order valence-corrected chi connectivity index (χ1v) is 7.82. The molecule has 2 aliphatic heterocycles. The van der Waals surface area contributed by atoms with Crippen molar-refractivity contribution in [3.05, 3.63) is 18.2 Å². The van der Waals surface area contributed by atoms with Crippen molar-refractivity contribution in [2.75, 3.05) is 49.1 Å². The predicted molar refractivity (Wildman–Crippen MR) is 84.3 cm³/mol. The summed E-state index contributed by atoms with van der Waals surface area (Å²) in [5, 5.41) is 3.36. The number of hydrogen-bond donors (Lipinski definition) is 1. The third kappa shape index (κ3) is 2.97. The molecule has 1 amide bonds. The van der Waals surface area contributed by atoms with E-state index < -0.39 is 0 Å². The number of carbonyl (C=O) groups is 1. The Morgan fingerprint density at radius 3 is 2.86 bits per heavy atom. The molecule has 1 fully saturated rings. The Morgan fingerprint density at radius 1 is 1.29 bits per heavy atom. The zero-order chi connectivity index (χ0) is 14.7. The maximum Gasteiger partial charge on any atom is 0.265 e. The number of hydrogen-bond acceptors (Lipinski definition) is 4. The molecule has 1 aromatic carbocycles. The standard InChI is InChI=1S/C16H23N3O2/c1-2-3-8-19-14-5-4-13(18-9-6-17-7-10-18)11-15(14)21-12-16(19)20/h4-5,11,17H,2-3,6-10,12H2,1H3. The van der Waals surface area contributed by atoms with E-state index in [1.165, 1.54) is 5.69 Å². The van der Waals surface area contributed by atoms with Crippen LogP contribution in [0.1, 0.15) is 19.8 Å². The summed E-state index contributed by atoms with van der Waals surface area (Å²) in [6.07, 6.45) is 2.10. The largest absolute Gasteiger partial charge is 0.481 e. The third-order valence-corrected chi connectivity index (χ3v) is 4.10. The van der Waals surface area contributed by atoms with Crippen molar-refractivity contribution in [3.63, 3.8) is 0 Å². The Bertz CT molecular complexity index is 512. The Morgan fingerprint density at radius 2 is 2.10 bits per heavy atom. The molecule has 2 heterocycles. The summed E-state index contributed by atoms with van der Waals surface area (Å²) in [4.78, 5) is 16.3. The smallest absolute Gasteiger partial charge is 0.265 e. The van der Waals surface area contributed by atoms with Crippen molar-refractivity contribution >= 4 is 17.3 Å². The first kappa shape index (κ1) is 14.2. The van der Waals surface area contributed by atoms with Gasteiger partial charge in [0.15, 0.2) is 6.61 Å². The van der Waals surface area contributed by atoms with Crippen LogP contribution in [0.2, 0.25) is 0 Å². The van der Waals surface area contributed by atoms with Crippen molar-refractivity contribution in [1.82, 2.24) is 5.32 Å². The summed E-state index contributed by atoms with van der Waals surface area (Å²) < 4.78 is 5.64. The molecule has 21 heavy (non-hydrogen) atoms. The first-order chi connectivity index (χ1) is 10.3. The highest BCUT2D eigenvalue weighted by Gasteiger charge is 2.25. The van der Waals surface area contributed by atoms with Gasteiger partial charge in [0.25, 0.3) is 5.91 Å². The lowest BCUT2D eigenvalue weighted by molar-refractivity contribution is -0.121. The van der Waals surface area contributed by atoms with Gasteiger partial charge >= 0.3 is 0 Å². The SMILES string of the molecule is CCCCN1C(=O)COc2cc(N3CCNCC3)ccc21. The minimum absolute atomic E-state index is 0.0610. The number of fused-ring (bicyclic) bond motifs is 1. The van der Waals surface area contributed by atoms with Crippen LogP contribution in [0.3, 0.4) is 0 Å². The second-order valence-corrected chi connectivity index (χ2v) is 5.58. The molecule has 0 spiro atoms. The van der Waals surface area contributed by atoms with Gasteiger partial charge in [-0.15, -0.1) is 0 Å². The third-order valence-electron chi connectivity index (χ3n) is 4.10. The molecule has 114 valence electrons. The average molecular weight is 289 g/mol. The highest BCUT2D eigenvalue weighted by atomic mass is 16.5. The number of benzene rings is 1. The van der Waals surface area contributed by atoms with E-state index in [4.69, 9.17) is 4.74 Å². The second kappa shape index (κ2) is 6.35. The van der Waals surface area contributed by atoms with E-state index in [1.807, 2.05) is 11.0 Å². The highest BCUT2D eigenvalue weighted by Crippen LogP contribution is 2.35. The Balaban J connectivity index is 1.82. The molecule has 3 rings (SSSR count). The van der Waals surface area contributed by atoms with E-state index in [9.17, 15) is 4.79 Å². The summed E-state index contributed by atoms with van der Waals surface area (Å²) in [6.45, 7) is 7.12. The minimum atomic E-state index is 0.0610. The van der Waals surface area contributed by atoms with Gasteiger partial charge in [-0.1, -0.05) is 13.3 Å². The lowest BCUT2D eigenvalue weighted by Crippen LogP contribution is -2.43. The van der Waals surface area contributed by atoms with Crippen molar-refractivity contribution in [3.8, 4) is 5.75 Å². The number of nitrogens with zero attached hydrogens (tertiary/aromatic N) is 2. The first-order valence-electron chi connectivity index (χ1n) is 7.82. The van der Waals surface area contributed by atoms with Crippen molar-refractivity contribution < 1.29 is 9.53 Å². The monoisotopic (exact) mass is 289 g/mol. The maximum atomic E-state index is 12.0. The quantitative estimate of drug-likeness (QED) is 0.915. The van der Waals surface area contributed by atoms with Crippen molar-refractivity contribution in [2.45, 2.75) is 19.8 Å². The van der Waals surface area contributed by atoms with Crippen molar-refractivity contribution in [2.24, 2.45) is 0 Å². The Kier molecular flexibility index (Phi) is 4.29. The van der Waals surface area contributed by atoms with Gasteiger partial charge < -0.3 is 19.9 Å². The van der Waals surface area contributed by atoms with Crippen LogP contribution in [0.25, 0.3) is 0 Å². The molecule has 1 saturated heterocycles. The van der Waals surface area contributed by atoms with Gasteiger partial charge in [-0.25, -0.2) is 0 Å². The second-order valence-electron chi connectivity index (χ2n) is 5.58. The fourth-order valence-corrected chi connectivity index (χ4v) is 2.87. The lowest BCUT2D eigenvalue weighted by atomic mass is 10.1. The van der Waals surface area contributed by atoms with Gasteiger partial charge in [0.2, 0.25) is 0 Å². The van der Waals surface area contributed by atoms with Gasteiger partial charge in [-0.3, -0.25) is 4.79 Å². The van der Waals surface area contributed by atoms with Gasteiger partial charge in [0.05, 0.1) is 5.69 Å². The molecular weight excluding hydrogens is 266 g/mol. The molecule has 5 nitrogen and oxygen atoms in total. The number of nitrogens with one attached hydrogen (secondary N) is 1. The molecule has 2 aliphatic rings. The summed E-state index contributed by atoms with van der Waals surface area (Å²) in [7, 11) is 0. The molecule has 0 bridgehead atoms. The molecule has 0 saturated carbocycles. The minimum Gasteiger partial charge on any atom is -0.481 e. The number of ether oxygens (including phenoxy) is 1. The molecule has 1 aromatic rings. The van der Waals surface area contributed by atoms with Gasteiger partial charge in [0.1, 0.15) is 5.75 Å². The molecule has 0 radical (unpaired) electrons. The Labute approximate surface area is 125 Å². The summed E-state index contributed by atoms with van der Waals surface area (Å²) in [5.74, 6) is 0.896. The molecular formula is C16H23N3O2. The van der Waals surface area contributed by atoms with Gasteiger partial charge in [-0.05, 0) is 18.6 Å². The number of unbranched alkanes of at least 4 members (excludes halogenated alkanes) is 1. The normalized spacial score (nSPS) is 18.4. The average Bonchev–Trinajstić information content (AvgIpc) is 2.54. The van der Waals surface area contributed by atoms with Crippen molar-refractivity contribution in [1.29, 1.82) is 0 Å². The summed E-state index contributed by atoms with van der Waals surface area (Å²) in [5.41, 5.74) is 2.10. The van der Waals surface area contributed by atoms with E-state index in [1.54, 1.807) is 0 Å². The maximum absolute atomic E-state index is 12.0. The van der Waals surface area contributed by atoms with Crippen LogP contribution in [0.15, 0.2) is 18.2 Å². The van der Waals surface area contributed by atoms with Crippen LogP contribution in [0.5, 0.6) is 5.75 Å². The van der Waals surface area contributed by atoms with E-state index in [2.05, 4.69) is 29.3 Å². The van der Waals surface area contributed by atoms with Crippen LogP contribution >= 0.6 is 0 Å². The fourth-order valence-electron chi connectivity index (χ4n) is 2.87. The van der Waals surface area contributed by atoms with Crippen LogP contribution < -0.4 is 19.9 Å². The number of carbonyl (C=O) groups excluding carboxylic acids is 1. The lowest BCUT2D eigenvalue weighted by Gasteiger charge is -2.33. The predicted octanol–water partition coefficient (Wildman–Crippen LogP) is 1.62. The van der Waals surface area contributed by atoms with Crippen LogP contribution in [0.4, 0.5) is 11.4 Å². The summed E-state index contributed by atoms with van der Waals surface area (Å²) in [6, 6.07) is 6.20. The topological polar surface area (TPSA) is 44.8 Å². The number of rotatable bonds is 4. The Hall–Kier alpha value is -1.75. The van der Waals surface area contributed by atoms with E-state index in [-0.39, 0.29) is 12.5 Å². The molecule has 5 heteroatoms. The van der Waals surface area contributed by atoms with E-state index in [0.29, 0.717) is 0 Å². The molecule has 0 aliphatic carbocycles. The van der Waals surface area contributed by atoms with Gasteiger partial charge in [-0.2, -0.15) is 0 Å². The van der Waals surface area contributed by atoms with Gasteiger partial charge in [0, 0.05) is 44.5 Å². The molecule has 0 atom stereocenters. The number of anilines is 2. The number of piperazine rings is 1. The fraction of sp³-hybridized carbons (Fsp3) is 0.562. The summed E-state index contributed by atoms with van der Waals surface area (Å²) >= 11 is 0. The van der Waals surface area contributed by atoms with Crippen LogP contribution in [0, 0.1) is 0 Å². The molecule has 0 aromatic heterocycles. The zero-order valence-electron chi connectivity index (χ0n) is 12.6.